The van der Waals surface area contributed by atoms with Crippen LogP contribution in [0.2, 0.25) is 0 Å². The maximum atomic E-state index is 10.5. The quantitative estimate of drug-likeness (QED) is 0.494. The Morgan fingerprint density at radius 1 is 0.929 bits per heavy atom. The summed E-state index contributed by atoms with van der Waals surface area (Å²) in [6.07, 6.45) is 2.92. The molecule has 6 heteroatoms. The Labute approximate surface area is 168 Å². The average Bonchev–Trinajstić information content (AvgIpc) is 3.18. The molecule has 4 aromatic rings. The zero-order chi connectivity index (χ0) is 19.3. The lowest BCUT2D eigenvalue weighted by atomic mass is 10.1. The molecule has 0 saturated carbocycles. The van der Waals surface area contributed by atoms with Gasteiger partial charge in [0.1, 0.15) is 0 Å². The summed E-state index contributed by atoms with van der Waals surface area (Å²) in [5.41, 5.74) is 4.01. The van der Waals surface area contributed by atoms with E-state index in [1.54, 1.807) is 12.4 Å². The van der Waals surface area contributed by atoms with E-state index in [2.05, 4.69) is 46.4 Å². The van der Waals surface area contributed by atoms with Crippen LogP contribution in [0.5, 0.6) is 0 Å². The molecule has 0 spiro atoms. The van der Waals surface area contributed by atoms with E-state index in [0.29, 0.717) is 5.75 Å². The molecule has 0 bridgehead atoms. The molecule has 140 valence electrons. The van der Waals surface area contributed by atoms with Crippen LogP contribution in [0.25, 0.3) is 17.1 Å². The monoisotopic (exact) mass is 388 g/mol. The Balaban J connectivity index is 1.67. The van der Waals surface area contributed by atoms with Crippen molar-refractivity contribution in [1.29, 1.82) is 0 Å². The number of aliphatic hydroxyl groups excluding tert-OH is 1. The second kappa shape index (κ2) is 8.37. The molecular formula is C22H20N4OS. The van der Waals surface area contributed by atoms with Gasteiger partial charge in [0.25, 0.3) is 0 Å². The SMILES string of the molecule is Cc1ccc(-n2c(SCC(O)c3ccccc3)nnc2-c2ccncc2)cc1. The highest BCUT2D eigenvalue weighted by atomic mass is 32.2. The number of aromatic nitrogens is 4. The lowest BCUT2D eigenvalue weighted by Crippen LogP contribution is -2.03. The van der Waals surface area contributed by atoms with E-state index in [9.17, 15) is 5.11 Å². The van der Waals surface area contributed by atoms with E-state index < -0.39 is 6.10 Å². The van der Waals surface area contributed by atoms with Crippen LogP contribution in [0, 0.1) is 6.92 Å². The molecule has 4 rings (SSSR count). The molecule has 1 unspecified atom stereocenters. The van der Waals surface area contributed by atoms with Crippen molar-refractivity contribution in [3.8, 4) is 17.1 Å². The Hall–Kier alpha value is -2.96. The summed E-state index contributed by atoms with van der Waals surface area (Å²) in [6.45, 7) is 2.06. The maximum Gasteiger partial charge on any atom is 0.196 e. The number of aryl methyl sites for hydroxylation is 1. The van der Waals surface area contributed by atoms with Crippen molar-refractivity contribution in [2.24, 2.45) is 0 Å². The first-order valence-corrected chi connectivity index (χ1v) is 9.99. The Morgan fingerprint density at radius 2 is 1.64 bits per heavy atom. The van der Waals surface area contributed by atoms with E-state index in [1.165, 1.54) is 17.3 Å². The molecule has 0 amide bonds. The Bertz CT molecular complexity index is 1030. The van der Waals surface area contributed by atoms with Gasteiger partial charge in [0.2, 0.25) is 0 Å². The summed E-state index contributed by atoms with van der Waals surface area (Å²) in [4.78, 5) is 4.09. The molecule has 0 fully saturated rings. The van der Waals surface area contributed by atoms with Crippen LogP contribution in [-0.2, 0) is 0 Å². The molecular weight excluding hydrogens is 368 g/mol. The first-order valence-electron chi connectivity index (χ1n) is 9.01. The van der Waals surface area contributed by atoms with Gasteiger partial charge < -0.3 is 5.11 Å². The lowest BCUT2D eigenvalue weighted by Gasteiger charge is -2.13. The number of nitrogens with zero attached hydrogens (tertiary/aromatic N) is 4. The fourth-order valence-corrected chi connectivity index (χ4v) is 3.82. The molecule has 0 radical (unpaired) electrons. The Kier molecular flexibility index (Phi) is 5.50. The van der Waals surface area contributed by atoms with E-state index in [-0.39, 0.29) is 0 Å². The van der Waals surface area contributed by atoms with Crippen molar-refractivity contribution in [1.82, 2.24) is 19.7 Å². The number of thioether (sulfide) groups is 1. The van der Waals surface area contributed by atoms with Crippen molar-refractivity contribution in [2.45, 2.75) is 18.2 Å². The summed E-state index contributed by atoms with van der Waals surface area (Å²) in [5.74, 6) is 1.24. The fourth-order valence-electron chi connectivity index (χ4n) is 2.90. The Morgan fingerprint density at radius 3 is 2.36 bits per heavy atom. The minimum Gasteiger partial charge on any atom is -0.388 e. The number of hydrogen-bond acceptors (Lipinski definition) is 5. The fraction of sp³-hybridized carbons (Fsp3) is 0.136. The topological polar surface area (TPSA) is 63.8 Å². The molecule has 0 aliphatic rings. The molecule has 0 aliphatic heterocycles. The van der Waals surface area contributed by atoms with Crippen molar-refractivity contribution in [2.75, 3.05) is 5.75 Å². The van der Waals surface area contributed by atoms with Crippen LogP contribution in [0.1, 0.15) is 17.2 Å². The van der Waals surface area contributed by atoms with Gasteiger partial charge >= 0.3 is 0 Å². The molecule has 2 aromatic heterocycles. The van der Waals surface area contributed by atoms with Gasteiger partial charge in [-0.15, -0.1) is 10.2 Å². The molecule has 28 heavy (non-hydrogen) atoms. The summed E-state index contributed by atoms with van der Waals surface area (Å²) < 4.78 is 2.02. The first kappa shape index (κ1) is 18.4. The standard InChI is InChI=1S/C22H20N4OS/c1-16-7-9-19(10-8-16)26-21(18-11-13-23-14-12-18)24-25-22(26)28-15-20(27)17-5-3-2-4-6-17/h2-14,20,27H,15H2,1H3. The highest BCUT2D eigenvalue weighted by molar-refractivity contribution is 7.99. The number of aliphatic hydroxyl groups is 1. The van der Waals surface area contributed by atoms with E-state index in [4.69, 9.17) is 0 Å². The third-order valence-electron chi connectivity index (χ3n) is 4.42. The third kappa shape index (κ3) is 3.98. The highest BCUT2D eigenvalue weighted by Crippen LogP contribution is 2.30. The maximum absolute atomic E-state index is 10.5. The molecule has 1 atom stereocenters. The number of pyridine rings is 1. The lowest BCUT2D eigenvalue weighted by molar-refractivity contribution is 0.204. The molecule has 2 aromatic carbocycles. The first-order chi connectivity index (χ1) is 13.7. The predicted molar refractivity (Wildman–Crippen MR) is 111 cm³/mol. The molecule has 2 heterocycles. The normalized spacial score (nSPS) is 12.1. The second-order valence-electron chi connectivity index (χ2n) is 6.45. The van der Waals surface area contributed by atoms with Gasteiger partial charge in [-0.05, 0) is 36.8 Å². The summed E-state index contributed by atoms with van der Waals surface area (Å²) in [5, 5.41) is 20.1. The molecule has 1 N–H and O–H groups in total. The summed E-state index contributed by atoms with van der Waals surface area (Å²) in [7, 11) is 0. The van der Waals surface area contributed by atoms with E-state index in [1.807, 2.05) is 47.0 Å². The highest BCUT2D eigenvalue weighted by Gasteiger charge is 2.18. The van der Waals surface area contributed by atoms with Crippen molar-refractivity contribution >= 4 is 11.8 Å². The largest absolute Gasteiger partial charge is 0.388 e. The molecule has 0 saturated heterocycles. The third-order valence-corrected chi connectivity index (χ3v) is 5.42. The van der Waals surface area contributed by atoms with Crippen molar-refractivity contribution in [3.63, 3.8) is 0 Å². The van der Waals surface area contributed by atoms with Crippen LogP contribution >= 0.6 is 11.8 Å². The van der Waals surface area contributed by atoms with Gasteiger partial charge in [-0.3, -0.25) is 9.55 Å². The smallest absolute Gasteiger partial charge is 0.196 e. The zero-order valence-corrected chi connectivity index (χ0v) is 16.3. The van der Waals surface area contributed by atoms with Gasteiger partial charge in [0.05, 0.1) is 6.10 Å². The van der Waals surface area contributed by atoms with Crippen molar-refractivity contribution < 1.29 is 5.11 Å². The number of hydrogen-bond donors (Lipinski definition) is 1. The van der Waals surface area contributed by atoms with Crippen LogP contribution in [0.4, 0.5) is 0 Å². The van der Waals surface area contributed by atoms with Gasteiger partial charge in [-0.2, -0.15) is 0 Å². The van der Waals surface area contributed by atoms with Gasteiger partial charge in [0.15, 0.2) is 11.0 Å². The minimum absolute atomic E-state index is 0.490. The average molecular weight is 388 g/mol. The summed E-state index contributed by atoms with van der Waals surface area (Å²) >= 11 is 1.49. The number of rotatable bonds is 6. The zero-order valence-electron chi connectivity index (χ0n) is 15.4. The van der Waals surface area contributed by atoms with Crippen LogP contribution in [0.15, 0.2) is 84.3 Å². The van der Waals surface area contributed by atoms with Gasteiger partial charge in [0, 0.05) is 29.4 Å². The van der Waals surface area contributed by atoms with Crippen LogP contribution in [-0.4, -0.2) is 30.6 Å². The molecule has 0 aliphatic carbocycles. The predicted octanol–water partition coefficient (Wildman–Crippen LogP) is 4.46. The van der Waals surface area contributed by atoms with Gasteiger partial charge in [-0.1, -0.05) is 59.8 Å². The van der Waals surface area contributed by atoms with Crippen LogP contribution < -0.4 is 0 Å². The number of benzene rings is 2. The van der Waals surface area contributed by atoms with Gasteiger partial charge in [-0.25, -0.2) is 0 Å². The van der Waals surface area contributed by atoms with E-state index >= 15 is 0 Å². The van der Waals surface area contributed by atoms with Crippen molar-refractivity contribution in [3.05, 3.63) is 90.3 Å². The van der Waals surface area contributed by atoms with E-state index in [0.717, 1.165) is 27.8 Å². The second-order valence-corrected chi connectivity index (χ2v) is 7.44. The summed E-state index contributed by atoms with van der Waals surface area (Å²) in [6, 6.07) is 21.7. The molecule has 5 nitrogen and oxygen atoms in total. The van der Waals surface area contributed by atoms with Crippen LogP contribution in [0.3, 0.4) is 0 Å². The minimum atomic E-state index is -0.571.